The number of hydrogen-bond acceptors (Lipinski definition) is 4. The van der Waals surface area contributed by atoms with E-state index in [0.29, 0.717) is 27.6 Å². The van der Waals surface area contributed by atoms with Crippen LogP contribution in [0.3, 0.4) is 0 Å². The number of carbonyl (C=O) groups excluding carboxylic acids is 4. The molecule has 224 valence electrons. The highest BCUT2D eigenvalue weighted by Crippen LogP contribution is 2.56. The average molecular weight is 611 g/mol. The molecule has 4 amide bonds. The third-order valence-electron chi connectivity index (χ3n) is 10.1. The molecule has 3 aliphatic rings. The number of nitrogens with zero attached hydrogens (tertiary/aromatic N) is 2. The van der Waals surface area contributed by atoms with Gasteiger partial charge in [-0.25, -0.2) is 4.90 Å². The molecule has 2 heterocycles. The Hall–Kier alpha value is -6.14. The van der Waals surface area contributed by atoms with Crippen LogP contribution in [0.15, 0.2) is 121 Å². The third kappa shape index (κ3) is 3.39. The number of fused-ring (bicyclic) bond motifs is 3. The standard InChI is InChI=1S/C41H26N2O4/c1-23-11-13-24(14-12-23)41(33-9-5-3-7-27(33)28-8-4-6-10-34(28)41)25-15-17-26(18-16-25)43-39(46)31-21-19-29-35-30(38(45)42(2)37(29)44)20-22-32(36(31)35)40(43)47/h3-22H,1-2H3. The molecule has 0 N–H and O–H groups in total. The lowest BCUT2D eigenvalue weighted by molar-refractivity contribution is 0.0649. The van der Waals surface area contributed by atoms with Crippen molar-refractivity contribution in [2.75, 3.05) is 11.9 Å². The van der Waals surface area contributed by atoms with E-state index in [4.69, 9.17) is 0 Å². The molecular formula is C41H26N2O4. The average Bonchev–Trinajstić information content (AvgIpc) is 3.40. The van der Waals surface area contributed by atoms with Gasteiger partial charge in [-0.3, -0.25) is 24.1 Å². The van der Waals surface area contributed by atoms with Crippen LogP contribution in [0.5, 0.6) is 0 Å². The zero-order valence-electron chi connectivity index (χ0n) is 25.6. The van der Waals surface area contributed by atoms with Gasteiger partial charge >= 0.3 is 0 Å². The molecule has 47 heavy (non-hydrogen) atoms. The number of carbonyl (C=O) groups is 4. The second-order valence-electron chi connectivity index (χ2n) is 12.4. The molecule has 0 spiro atoms. The van der Waals surface area contributed by atoms with Crippen molar-refractivity contribution in [3.8, 4) is 11.1 Å². The summed E-state index contributed by atoms with van der Waals surface area (Å²) in [5.74, 6) is -1.91. The Bertz CT molecular complexity index is 2290. The minimum atomic E-state index is -0.611. The van der Waals surface area contributed by atoms with E-state index < -0.39 is 29.0 Å². The molecule has 1 aliphatic carbocycles. The minimum Gasteiger partial charge on any atom is -0.277 e. The fraction of sp³-hybridized carbons (Fsp3) is 0.0732. The molecule has 0 saturated heterocycles. The van der Waals surface area contributed by atoms with Crippen LogP contribution in [0.4, 0.5) is 5.69 Å². The van der Waals surface area contributed by atoms with Crippen molar-refractivity contribution in [1.29, 1.82) is 0 Å². The fourth-order valence-electron chi connectivity index (χ4n) is 7.92. The lowest BCUT2D eigenvalue weighted by atomic mass is 9.67. The minimum absolute atomic E-state index is 0.282. The van der Waals surface area contributed by atoms with Gasteiger partial charge in [-0.15, -0.1) is 0 Å². The molecule has 6 aromatic carbocycles. The normalized spacial score (nSPS) is 15.7. The molecule has 0 unspecified atom stereocenters. The van der Waals surface area contributed by atoms with E-state index in [2.05, 4.69) is 79.7 Å². The predicted octanol–water partition coefficient (Wildman–Crippen LogP) is 7.54. The quantitative estimate of drug-likeness (QED) is 0.194. The summed E-state index contributed by atoms with van der Waals surface area (Å²) in [6, 6.07) is 39.6. The number of rotatable bonds is 3. The molecule has 0 saturated carbocycles. The van der Waals surface area contributed by atoms with Gasteiger partial charge in [-0.2, -0.15) is 0 Å². The summed E-state index contributed by atoms with van der Waals surface area (Å²) < 4.78 is 0. The Labute approximate surface area is 270 Å². The Balaban J connectivity index is 1.20. The number of aryl methyl sites for hydroxylation is 1. The first-order valence-corrected chi connectivity index (χ1v) is 15.5. The summed E-state index contributed by atoms with van der Waals surface area (Å²) in [6.45, 7) is 2.08. The highest BCUT2D eigenvalue weighted by Gasteiger charge is 2.46. The maximum atomic E-state index is 14.1. The van der Waals surface area contributed by atoms with Crippen molar-refractivity contribution in [1.82, 2.24) is 4.90 Å². The molecule has 0 fully saturated rings. The molecule has 9 rings (SSSR count). The maximum Gasteiger partial charge on any atom is 0.265 e. The van der Waals surface area contributed by atoms with E-state index in [1.807, 2.05) is 24.3 Å². The highest BCUT2D eigenvalue weighted by atomic mass is 16.2. The Kier molecular flexibility index (Phi) is 5.46. The Morgan fingerprint density at radius 1 is 0.447 bits per heavy atom. The van der Waals surface area contributed by atoms with Gasteiger partial charge in [0.2, 0.25) is 0 Å². The summed E-state index contributed by atoms with van der Waals surface area (Å²) in [7, 11) is 1.43. The zero-order chi connectivity index (χ0) is 32.2. The zero-order valence-corrected chi connectivity index (χ0v) is 25.6. The summed E-state index contributed by atoms with van der Waals surface area (Å²) in [4.78, 5) is 56.3. The topological polar surface area (TPSA) is 74.8 Å². The number of amides is 4. The van der Waals surface area contributed by atoms with E-state index in [1.54, 1.807) is 24.3 Å². The van der Waals surface area contributed by atoms with Crippen LogP contribution in [0.2, 0.25) is 0 Å². The van der Waals surface area contributed by atoms with Crippen LogP contribution in [-0.4, -0.2) is 35.6 Å². The van der Waals surface area contributed by atoms with Crippen LogP contribution >= 0.6 is 0 Å². The van der Waals surface area contributed by atoms with Crippen LogP contribution < -0.4 is 4.90 Å². The molecule has 6 aromatic rings. The maximum absolute atomic E-state index is 14.1. The monoisotopic (exact) mass is 610 g/mol. The lowest BCUT2D eigenvalue weighted by Gasteiger charge is -2.34. The van der Waals surface area contributed by atoms with Crippen molar-refractivity contribution in [3.05, 3.63) is 171 Å². The number of benzene rings is 6. The van der Waals surface area contributed by atoms with Gasteiger partial charge in [0.05, 0.1) is 11.1 Å². The van der Waals surface area contributed by atoms with E-state index in [-0.39, 0.29) is 11.1 Å². The molecule has 6 nitrogen and oxygen atoms in total. The largest absolute Gasteiger partial charge is 0.277 e. The van der Waals surface area contributed by atoms with Crippen molar-refractivity contribution in [3.63, 3.8) is 0 Å². The van der Waals surface area contributed by atoms with Gasteiger partial charge in [0.1, 0.15) is 0 Å². The smallest absolute Gasteiger partial charge is 0.265 e. The van der Waals surface area contributed by atoms with Crippen molar-refractivity contribution < 1.29 is 19.2 Å². The first-order valence-electron chi connectivity index (χ1n) is 15.5. The first kappa shape index (κ1) is 27.2. The van der Waals surface area contributed by atoms with E-state index in [0.717, 1.165) is 16.0 Å². The summed E-state index contributed by atoms with van der Waals surface area (Å²) in [5, 5.41) is 0.721. The van der Waals surface area contributed by atoms with Crippen LogP contribution in [0.1, 0.15) is 69.2 Å². The predicted molar refractivity (Wildman–Crippen MR) is 180 cm³/mol. The number of hydrogen-bond donors (Lipinski definition) is 0. The summed E-state index contributed by atoms with van der Waals surface area (Å²) >= 11 is 0. The molecule has 6 heteroatoms. The summed E-state index contributed by atoms with van der Waals surface area (Å²) in [5.41, 5.74) is 9.00. The van der Waals surface area contributed by atoms with Crippen LogP contribution in [0.25, 0.3) is 21.9 Å². The van der Waals surface area contributed by atoms with Crippen LogP contribution in [0, 0.1) is 6.92 Å². The van der Waals surface area contributed by atoms with Gasteiger partial charge in [-0.05, 0) is 76.7 Å². The molecule has 0 bridgehead atoms. The molecule has 0 radical (unpaired) electrons. The number of anilines is 1. The lowest BCUT2D eigenvalue weighted by Crippen LogP contribution is -2.42. The van der Waals surface area contributed by atoms with Gasteiger partial charge in [0.25, 0.3) is 23.6 Å². The number of imide groups is 2. The second kappa shape index (κ2) is 9.44. The summed E-state index contributed by atoms with van der Waals surface area (Å²) in [6.07, 6.45) is 0. The van der Waals surface area contributed by atoms with Crippen molar-refractivity contribution in [2.45, 2.75) is 12.3 Å². The van der Waals surface area contributed by atoms with Gasteiger partial charge in [0.15, 0.2) is 0 Å². The molecule has 0 atom stereocenters. The van der Waals surface area contributed by atoms with Gasteiger partial charge in [-0.1, -0.05) is 90.5 Å². The highest BCUT2D eigenvalue weighted by molar-refractivity contribution is 6.39. The van der Waals surface area contributed by atoms with Gasteiger partial charge in [0, 0.05) is 40.1 Å². The molecular weight excluding hydrogens is 584 g/mol. The second-order valence-corrected chi connectivity index (χ2v) is 12.4. The van der Waals surface area contributed by atoms with Crippen LogP contribution in [-0.2, 0) is 5.41 Å². The Morgan fingerprint density at radius 3 is 1.32 bits per heavy atom. The SMILES string of the molecule is Cc1ccc(C2(c3ccc(N4C(=O)c5ccc6c7c(ccc(c57)C4=O)C(=O)N(C)C6=O)cc3)c3ccccc3-c3ccccc32)cc1. The third-order valence-corrected chi connectivity index (χ3v) is 10.1. The van der Waals surface area contributed by atoms with Crippen molar-refractivity contribution in [2.24, 2.45) is 0 Å². The van der Waals surface area contributed by atoms with E-state index in [9.17, 15) is 19.2 Å². The fourth-order valence-corrected chi connectivity index (χ4v) is 7.92. The molecule has 2 aliphatic heterocycles. The first-order chi connectivity index (χ1) is 22.8. The van der Waals surface area contributed by atoms with E-state index in [1.165, 1.54) is 39.8 Å². The van der Waals surface area contributed by atoms with Gasteiger partial charge < -0.3 is 0 Å². The Morgan fingerprint density at radius 2 is 0.851 bits per heavy atom. The molecule has 0 aromatic heterocycles. The van der Waals surface area contributed by atoms with Crippen molar-refractivity contribution >= 4 is 40.1 Å². The van der Waals surface area contributed by atoms with E-state index >= 15 is 0 Å².